The summed E-state index contributed by atoms with van der Waals surface area (Å²) >= 11 is 0. The smallest absolute Gasteiger partial charge is 0.121 e. The van der Waals surface area contributed by atoms with E-state index in [0.717, 1.165) is 12.8 Å². The van der Waals surface area contributed by atoms with Crippen molar-refractivity contribution in [3.05, 3.63) is 11.8 Å². The first-order valence-corrected chi connectivity index (χ1v) is 4.68. The molecule has 72 valence electrons. The molecule has 0 aromatic rings. The summed E-state index contributed by atoms with van der Waals surface area (Å²) in [5.74, 6) is 0.117. The van der Waals surface area contributed by atoms with Gasteiger partial charge in [-0.3, -0.25) is 0 Å². The van der Waals surface area contributed by atoms with E-state index >= 15 is 0 Å². The minimum absolute atomic E-state index is 0.117. The van der Waals surface area contributed by atoms with E-state index in [-0.39, 0.29) is 5.76 Å². The van der Waals surface area contributed by atoms with Gasteiger partial charge in [0.25, 0.3) is 0 Å². The molecule has 0 aromatic heterocycles. The predicted molar refractivity (Wildman–Crippen MR) is 51.2 cm³/mol. The predicted octanol–water partition coefficient (Wildman–Crippen LogP) is 2.78. The van der Waals surface area contributed by atoms with Gasteiger partial charge in [-0.2, -0.15) is 0 Å². The van der Waals surface area contributed by atoms with Gasteiger partial charge in [-0.15, -0.1) is 0 Å². The lowest BCUT2D eigenvalue weighted by atomic mass is 9.90. The largest absolute Gasteiger partial charge is 0.510 e. The van der Waals surface area contributed by atoms with Crippen molar-refractivity contribution in [1.82, 2.24) is 0 Å². The Morgan fingerprint density at radius 2 is 1.67 bits per heavy atom. The Kier molecular flexibility index (Phi) is 4.98. The van der Waals surface area contributed by atoms with Crippen LogP contribution in [-0.2, 0) is 0 Å². The molecule has 0 saturated carbocycles. The van der Waals surface area contributed by atoms with Crippen LogP contribution in [-0.4, -0.2) is 15.8 Å². The fourth-order valence-electron chi connectivity index (χ4n) is 1.48. The Morgan fingerprint density at radius 3 is 1.92 bits per heavy atom. The van der Waals surface area contributed by atoms with Crippen LogP contribution in [0.25, 0.3) is 0 Å². The number of rotatable bonds is 5. The molecule has 2 heteroatoms. The molecule has 0 radical (unpaired) electrons. The second-order valence-corrected chi connectivity index (χ2v) is 3.21. The summed E-state index contributed by atoms with van der Waals surface area (Å²) in [6.07, 6.45) is 4.61. The summed E-state index contributed by atoms with van der Waals surface area (Å²) in [5, 5.41) is 19.4. The van der Waals surface area contributed by atoms with Crippen molar-refractivity contribution in [3.8, 4) is 0 Å². The average molecular weight is 172 g/mol. The molecule has 0 saturated heterocycles. The number of allylic oxidation sites excluding steroid dienone is 1. The Hall–Kier alpha value is -0.500. The van der Waals surface area contributed by atoms with Crippen LogP contribution in [0.5, 0.6) is 0 Å². The minimum Gasteiger partial charge on any atom is -0.510 e. The van der Waals surface area contributed by atoms with E-state index < -0.39 is 5.60 Å². The van der Waals surface area contributed by atoms with Gasteiger partial charge in [-0.1, -0.05) is 26.7 Å². The first kappa shape index (κ1) is 11.5. The zero-order valence-corrected chi connectivity index (χ0v) is 8.30. The number of aliphatic hydroxyl groups excluding tert-OH is 1. The van der Waals surface area contributed by atoms with Crippen LogP contribution in [0, 0.1) is 0 Å². The molecule has 2 N–H and O–H groups in total. The minimum atomic E-state index is -0.974. The van der Waals surface area contributed by atoms with Crippen LogP contribution in [0.15, 0.2) is 11.8 Å². The van der Waals surface area contributed by atoms with Crippen molar-refractivity contribution >= 4 is 0 Å². The number of hydrogen-bond donors (Lipinski definition) is 2. The molecular weight excluding hydrogens is 152 g/mol. The van der Waals surface area contributed by atoms with E-state index in [4.69, 9.17) is 0 Å². The second-order valence-electron chi connectivity index (χ2n) is 3.21. The molecule has 0 unspecified atom stereocenters. The van der Waals surface area contributed by atoms with Gasteiger partial charge in [-0.05, 0) is 25.8 Å². The SMILES string of the molecule is CC=C(O)C(O)(CCC)CCC. The zero-order chi connectivity index (χ0) is 9.61. The normalized spacial score (nSPS) is 13.5. The maximum Gasteiger partial charge on any atom is 0.121 e. The summed E-state index contributed by atoms with van der Waals surface area (Å²) in [4.78, 5) is 0. The summed E-state index contributed by atoms with van der Waals surface area (Å²) in [5.41, 5.74) is -0.974. The van der Waals surface area contributed by atoms with Crippen molar-refractivity contribution in [2.45, 2.75) is 52.1 Å². The summed E-state index contributed by atoms with van der Waals surface area (Å²) < 4.78 is 0. The summed E-state index contributed by atoms with van der Waals surface area (Å²) in [6.45, 7) is 5.75. The van der Waals surface area contributed by atoms with E-state index in [1.807, 2.05) is 13.8 Å². The highest BCUT2D eigenvalue weighted by Crippen LogP contribution is 2.25. The first-order chi connectivity index (χ1) is 5.60. The Bertz CT molecular complexity index is 144. The lowest BCUT2D eigenvalue weighted by molar-refractivity contribution is 0.0180. The number of aliphatic hydroxyl groups is 2. The summed E-state index contributed by atoms with van der Waals surface area (Å²) in [7, 11) is 0. The van der Waals surface area contributed by atoms with E-state index in [1.54, 1.807) is 13.0 Å². The first-order valence-electron chi connectivity index (χ1n) is 4.68. The van der Waals surface area contributed by atoms with Crippen LogP contribution < -0.4 is 0 Å². The van der Waals surface area contributed by atoms with E-state index in [1.165, 1.54) is 0 Å². The van der Waals surface area contributed by atoms with E-state index in [9.17, 15) is 10.2 Å². The summed E-state index contributed by atoms with van der Waals surface area (Å²) in [6, 6.07) is 0. The van der Waals surface area contributed by atoms with Gasteiger partial charge in [0, 0.05) is 0 Å². The monoisotopic (exact) mass is 172 g/mol. The topological polar surface area (TPSA) is 40.5 Å². The molecule has 12 heavy (non-hydrogen) atoms. The zero-order valence-electron chi connectivity index (χ0n) is 8.30. The van der Waals surface area contributed by atoms with Gasteiger partial charge in [0.05, 0.1) is 0 Å². The fraction of sp³-hybridized carbons (Fsp3) is 0.800. The molecule has 0 aliphatic rings. The third-order valence-corrected chi connectivity index (χ3v) is 2.08. The van der Waals surface area contributed by atoms with Crippen molar-refractivity contribution in [1.29, 1.82) is 0 Å². The molecule has 0 amide bonds. The molecule has 2 nitrogen and oxygen atoms in total. The average Bonchev–Trinajstić information content (AvgIpc) is 2.04. The van der Waals surface area contributed by atoms with Gasteiger partial charge in [0.2, 0.25) is 0 Å². The molecule has 0 rings (SSSR count). The maximum atomic E-state index is 9.96. The lowest BCUT2D eigenvalue weighted by Crippen LogP contribution is -2.30. The van der Waals surface area contributed by atoms with Gasteiger partial charge >= 0.3 is 0 Å². The van der Waals surface area contributed by atoms with Gasteiger partial charge in [0.15, 0.2) is 0 Å². The van der Waals surface area contributed by atoms with E-state index in [0.29, 0.717) is 12.8 Å². The Labute approximate surface area is 74.9 Å². The Morgan fingerprint density at radius 1 is 1.25 bits per heavy atom. The molecule has 0 aliphatic carbocycles. The second kappa shape index (κ2) is 5.20. The van der Waals surface area contributed by atoms with Crippen LogP contribution in [0.4, 0.5) is 0 Å². The van der Waals surface area contributed by atoms with E-state index in [2.05, 4.69) is 0 Å². The quantitative estimate of drug-likeness (QED) is 0.626. The third kappa shape index (κ3) is 2.86. The molecule has 0 fully saturated rings. The standard InChI is InChI=1S/C10H20O2/c1-4-7-10(12,8-5-2)9(11)6-3/h6,11-12H,4-5,7-8H2,1-3H3. The lowest BCUT2D eigenvalue weighted by Gasteiger charge is -2.26. The van der Waals surface area contributed by atoms with Crippen LogP contribution >= 0.6 is 0 Å². The molecule has 0 spiro atoms. The molecule has 0 aromatic carbocycles. The molecule has 0 aliphatic heterocycles. The van der Waals surface area contributed by atoms with Crippen LogP contribution in [0.3, 0.4) is 0 Å². The van der Waals surface area contributed by atoms with Gasteiger partial charge in [0.1, 0.15) is 11.4 Å². The van der Waals surface area contributed by atoms with Gasteiger partial charge < -0.3 is 10.2 Å². The van der Waals surface area contributed by atoms with Crippen LogP contribution in [0.1, 0.15) is 46.5 Å². The highest BCUT2D eigenvalue weighted by Gasteiger charge is 2.28. The van der Waals surface area contributed by atoms with Crippen molar-refractivity contribution in [2.75, 3.05) is 0 Å². The number of hydrogen-bond acceptors (Lipinski definition) is 2. The fourth-order valence-corrected chi connectivity index (χ4v) is 1.48. The molecule has 0 heterocycles. The molecule has 0 bridgehead atoms. The molecular formula is C10H20O2. The Balaban J connectivity index is 4.37. The van der Waals surface area contributed by atoms with Crippen molar-refractivity contribution in [2.24, 2.45) is 0 Å². The van der Waals surface area contributed by atoms with Crippen LogP contribution in [0.2, 0.25) is 0 Å². The molecule has 0 atom stereocenters. The third-order valence-electron chi connectivity index (χ3n) is 2.08. The highest BCUT2D eigenvalue weighted by molar-refractivity contribution is 5.06. The van der Waals surface area contributed by atoms with Gasteiger partial charge in [-0.25, -0.2) is 0 Å². The highest BCUT2D eigenvalue weighted by atomic mass is 16.3. The van der Waals surface area contributed by atoms with Crippen molar-refractivity contribution in [3.63, 3.8) is 0 Å². The van der Waals surface area contributed by atoms with Crippen molar-refractivity contribution < 1.29 is 10.2 Å². The maximum absolute atomic E-state index is 9.96.